The van der Waals surface area contributed by atoms with Crippen LogP contribution in [0.1, 0.15) is 18.4 Å². The van der Waals surface area contributed by atoms with Crippen molar-refractivity contribution in [3.05, 3.63) is 29.8 Å². The lowest BCUT2D eigenvalue weighted by molar-refractivity contribution is -0.133. The van der Waals surface area contributed by atoms with Gasteiger partial charge in [0.05, 0.1) is 13.2 Å². The Balaban J connectivity index is 2.03. The molecule has 1 aromatic carbocycles. The number of fused-ring (bicyclic) bond motifs is 1. The minimum atomic E-state index is -0.593. The van der Waals surface area contributed by atoms with Crippen molar-refractivity contribution in [3.63, 3.8) is 0 Å². The zero-order chi connectivity index (χ0) is 14.2. The van der Waals surface area contributed by atoms with Crippen molar-refractivity contribution < 1.29 is 14.3 Å². The van der Waals surface area contributed by atoms with Gasteiger partial charge in [0.25, 0.3) is 0 Å². The molecule has 1 spiro atoms. The largest absolute Gasteiger partial charge is 0.478 e. The van der Waals surface area contributed by atoms with Crippen molar-refractivity contribution in [1.29, 1.82) is 5.26 Å². The molecule has 1 heterocycles. The minimum absolute atomic E-state index is 0.328. The lowest BCUT2D eigenvalue weighted by Gasteiger charge is -2.24. The van der Waals surface area contributed by atoms with Gasteiger partial charge in [0.15, 0.2) is 11.3 Å². The van der Waals surface area contributed by atoms with Crippen LogP contribution < -0.4 is 4.74 Å². The molecule has 3 rings (SSSR count). The number of rotatable bonds is 2. The SMILES string of the molecule is COC(=O)C1=Nc2cc(C=CC#N)ccc2OC12CC2. The van der Waals surface area contributed by atoms with Crippen LogP contribution in [0.2, 0.25) is 0 Å². The van der Waals surface area contributed by atoms with Gasteiger partial charge in [-0.2, -0.15) is 5.26 Å². The van der Waals surface area contributed by atoms with Gasteiger partial charge in [-0.3, -0.25) is 0 Å². The van der Waals surface area contributed by atoms with E-state index < -0.39 is 11.6 Å². The summed E-state index contributed by atoms with van der Waals surface area (Å²) >= 11 is 0. The van der Waals surface area contributed by atoms with E-state index in [4.69, 9.17) is 14.7 Å². The summed E-state index contributed by atoms with van der Waals surface area (Å²) < 4.78 is 10.7. The van der Waals surface area contributed by atoms with E-state index in [1.807, 2.05) is 18.2 Å². The monoisotopic (exact) mass is 268 g/mol. The molecule has 1 aromatic rings. The maximum Gasteiger partial charge on any atom is 0.356 e. The summed E-state index contributed by atoms with van der Waals surface area (Å²) in [5, 5.41) is 8.54. The molecule has 2 aliphatic rings. The number of benzene rings is 1. The first kappa shape index (κ1) is 12.4. The van der Waals surface area contributed by atoms with Gasteiger partial charge in [-0.25, -0.2) is 9.79 Å². The van der Waals surface area contributed by atoms with Crippen LogP contribution in [0.5, 0.6) is 5.75 Å². The number of nitriles is 1. The van der Waals surface area contributed by atoms with Gasteiger partial charge in [0, 0.05) is 6.08 Å². The van der Waals surface area contributed by atoms with Crippen molar-refractivity contribution in [2.75, 3.05) is 7.11 Å². The normalized spacial score (nSPS) is 17.9. The number of methoxy groups -OCH3 is 1. The number of carbonyl (C=O) groups excluding carboxylic acids is 1. The standard InChI is InChI=1S/C15H12N2O3/c1-19-14(18)13-15(6-7-15)20-12-5-4-10(3-2-8-16)9-11(12)17-13/h2-5,9H,6-7H2,1H3. The number of hydrogen-bond donors (Lipinski definition) is 0. The third-order valence-electron chi connectivity index (χ3n) is 3.39. The quantitative estimate of drug-likeness (QED) is 0.610. The Bertz CT molecular complexity index is 679. The first-order valence-corrected chi connectivity index (χ1v) is 6.25. The average Bonchev–Trinajstić information content (AvgIpc) is 3.23. The van der Waals surface area contributed by atoms with Gasteiger partial charge >= 0.3 is 5.97 Å². The van der Waals surface area contributed by atoms with E-state index in [1.165, 1.54) is 13.2 Å². The molecule has 0 N–H and O–H groups in total. The molecule has 0 unspecified atom stereocenters. The van der Waals surface area contributed by atoms with E-state index in [2.05, 4.69) is 4.99 Å². The molecule has 1 aliphatic carbocycles. The Labute approximate surface area is 116 Å². The smallest absolute Gasteiger partial charge is 0.356 e. The number of aliphatic imine (C=N–C) groups is 1. The van der Waals surface area contributed by atoms with E-state index in [0.717, 1.165) is 18.4 Å². The van der Waals surface area contributed by atoms with E-state index in [9.17, 15) is 4.79 Å². The Hall–Kier alpha value is -2.61. The molecular formula is C15H12N2O3. The van der Waals surface area contributed by atoms with Gasteiger partial charge in [-0.05, 0) is 36.6 Å². The molecule has 100 valence electrons. The van der Waals surface area contributed by atoms with Crippen molar-refractivity contribution >= 4 is 23.4 Å². The number of carbonyl (C=O) groups is 1. The summed E-state index contributed by atoms with van der Waals surface area (Å²) in [6, 6.07) is 7.37. The fourth-order valence-corrected chi connectivity index (χ4v) is 2.21. The second kappa shape index (κ2) is 4.49. The van der Waals surface area contributed by atoms with Crippen molar-refractivity contribution in [1.82, 2.24) is 0 Å². The predicted octanol–water partition coefficient (Wildman–Crippen LogP) is 2.39. The van der Waals surface area contributed by atoms with E-state index in [0.29, 0.717) is 17.1 Å². The van der Waals surface area contributed by atoms with E-state index in [1.54, 1.807) is 12.1 Å². The lowest BCUT2D eigenvalue weighted by atomic mass is 10.1. The minimum Gasteiger partial charge on any atom is -0.478 e. The summed E-state index contributed by atoms with van der Waals surface area (Å²) in [6.45, 7) is 0. The highest BCUT2D eigenvalue weighted by atomic mass is 16.5. The maximum atomic E-state index is 11.8. The fraction of sp³-hybridized carbons (Fsp3) is 0.267. The summed E-state index contributed by atoms with van der Waals surface area (Å²) in [6.07, 6.45) is 4.61. The molecule has 20 heavy (non-hydrogen) atoms. The molecule has 0 saturated heterocycles. The summed E-state index contributed by atoms with van der Waals surface area (Å²) in [7, 11) is 1.34. The van der Waals surface area contributed by atoms with Gasteiger partial charge in [0.1, 0.15) is 11.4 Å². The van der Waals surface area contributed by atoms with E-state index >= 15 is 0 Å². The van der Waals surface area contributed by atoms with Crippen molar-refractivity contribution in [2.45, 2.75) is 18.4 Å². The molecular weight excluding hydrogens is 256 g/mol. The number of nitrogens with zero attached hydrogens (tertiary/aromatic N) is 2. The van der Waals surface area contributed by atoms with Crippen molar-refractivity contribution in [3.8, 4) is 11.8 Å². The maximum absolute atomic E-state index is 11.8. The average molecular weight is 268 g/mol. The molecule has 0 atom stereocenters. The topological polar surface area (TPSA) is 71.7 Å². The lowest BCUT2D eigenvalue weighted by Crippen LogP contribution is -2.38. The van der Waals surface area contributed by atoms with Crippen LogP contribution in [0.25, 0.3) is 6.08 Å². The highest BCUT2D eigenvalue weighted by Gasteiger charge is 2.55. The third-order valence-corrected chi connectivity index (χ3v) is 3.39. The predicted molar refractivity (Wildman–Crippen MR) is 72.8 cm³/mol. The van der Waals surface area contributed by atoms with Crippen LogP contribution in [-0.2, 0) is 9.53 Å². The zero-order valence-corrected chi connectivity index (χ0v) is 10.9. The second-order valence-electron chi connectivity index (χ2n) is 4.74. The number of allylic oxidation sites excluding steroid dienone is 1. The van der Waals surface area contributed by atoms with Gasteiger partial charge in [0.2, 0.25) is 0 Å². The Kier molecular flexibility index (Phi) is 2.79. The molecule has 1 fully saturated rings. The number of hydrogen-bond acceptors (Lipinski definition) is 5. The Morgan fingerprint density at radius 2 is 2.35 bits per heavy atom. The van der Waals surface area contributed by atoms with Gasteiger partial charge in [-0.15, -0.1) is 0 Å². The van der Waals surface area contributed by atoms with Crippen LogP contribution in [0.3, 0.4) is 0 Å². The molecule has 0 aromatic heterocycles. The first-order chi connectivity index (χ1) is 9.68. The van der Waals surface area contributed by atoms with Crippen LogP contribution in [0, 0.1) is 11.3 Å². The molecule has 0 radical (unpaired) electrons. The zero-order valence-electron chi connectivity index (χ0n) is 10.9. The molecule has 5 nitrogen and oxygen atoms in total. The van der Waals surface area contributed by atoms with Crippen LogP contribution >= 0.6 is 0 Å². The molecule has 0 bridgehead atoms. The van der Waals surface area contributed by atoms with Crippen LogP contribution in [0.15, 0.2) is 29.3 Å². The van der Waals surface area contributed by atoms with Crippen LogP contribution in [-0.4, -0.2) is 24.4 Å². The van der Waals surface area contributed by atoms with Crippen LogP contribution in [0.4, 0.5) is 5.69 Å². The Morgan fingerprint density at radius 3 is 3.00 bits per heavy atom. The highest BCUT2D eigenvalue weighted by Crippen LogP contribution is 2.48. The summed E-state index contributed by atoms with van der Waals surface area (Å²) in [5.74, 6) is 0.204. The van der Waals surface area contributed by atoms with E-state index in [-0.39, 0.29) is 0 Å². The van der Waals surface area contributed by atoms with Crippen molar-refractivity contribution in [2.24, 2.45) is 4.99 Å². The summed E-state index contributed by atoms with van der Waals surface area (Å²) in [4.78, 5) is 16.2. The molecule has 0 amide bonds. The first-order valence-electron chi connectivity index (χ1n) is 6.25. The molecule has 1 saturated carbocycles. The molecule has 1 aliphatic heterocycles. The summed E-state index contributed by atoms with van der Waals surface area (Å²) in [5.41, 5.74) is 1.15. The fourth-order valence-electron chi connectivity index (χ4n) is 2.21. The van der Waals surface area contributed by atoms with Gasteiger partial charge in [-0.1, -0.05) is 6.07 Å². The second-order valence-corrected chi connectivity index (χ2v) is 4.74. The molecule has 5 heteroatoms. The highest BCUT2D eigenvalue weighted by molar-refractivity contribution is 6.41. The number of ether oxygens (including phenoxy) is 2. The van der Waals surface area contributed by atoms with Gasteiger partial charge < -0.3 is 9.47 Å². The number of esters is 1. The third kappa shape index (κ3) is 1.95. The Morgan fingerprint density at radius 1 is 1.55 bits per heavy atom.